The average Bonchev–Trinajstić information content (AvgIpc) is 3.49. The van der Waals surface area contributed by atoms with Gasteiger partial charge in [0.2, 0.25) is 12.2 Å². The zero-order chi connectivity index (χ0) is 35.8. The minimum atomic E-state index is -1.98. The lowest BCUT2D eigenvalue weighted by Gasteiger charge is -2.38. The number of aromatic nitrogens is 1. The molecule has 1 aliphatic heterocycles. The van der Waals surface area contributed by atoms with Gasteiger partial charge in [-0.15, -0.1) is 0 Å². The van der Waals surface area contributed by atoms with Gasteiger partial charge in [0.15, 0.2) is 6.10 Å². The molecule has 0 radical (unpaired) electrons. The van der Waals surface area contributed by atoms with Gasteiger partial charge < -0.3 is 48.5 Å². The van der Waals surface area contributed by atoms with Crippen molar-refractivity contribution in [1.82, 2.24) is 9.88 Å². The van der Waals surface area contributed by atoms with E-state index in [4.69, 9.17) is 28.1 Å². The maximum atomic E-state index is 13.3. The van der Waals surface area contributed by atoms with Gasteiger partial charge in [0.25, 0.3) is 0 Å². The Balaban J connectivity index is 1.22. The van der Waals surface area contributed by atoms with E-state index in [0.29, 0.717) is 41.7 Å². The van der Waals surface area contributed by atoms with Gasteiger partial charge in [-0.2, -0.15) is 0 Å². The number of benzene rings is 3. The first-order valence-corrected chi connectivity index (χ1v) is 15.5. The lowest BCUT2D eigenvalue weighted by Crippen LogP contribution is -2.60. The highest BCUT2D eigenvalue weighted by Crippen LogP contribution is 2.25. The van der Waals surface area contributed by atoms with E-state index in [0.717, 1.165) is 16.2 Å². The highest BCUT2D eigenvalue weighted by molar-refractivity contribution is 5.79. The number of amides is 1. The lowest BCUT2D eigenvalue weighted by atomic mass is 9.99. The molecule has 15 nitrogen and oxygen atoms in total. The number of oxazole rings is 1. The summed E-state index contributed by atoms with van der Waals surface area (Å²) in [6.07, 6.45) is -10.3. The Morgan fingerprint density at radius 1 is 0.860 bits per heavy atom. The molecule has 4 N–H and O–H groups in total. The monoisotopic (exact) mass is 692 g/mol. The largest absolute Gasteiger partial charge is 0.497 e. The van der Waals surface area contributed by atoms with Crippen LogP contribution in [0.2, 0.25) is 0 Å². The predicted octanol–water partition coefficient (Wildman–Crippen LogP) is 2.72. The van der Waals surface area contributed by atoms with Crippen LogP contribution in [0.25, 0.3) is 11.5 Å². The predicted molar refractivity (Wildman–Crippen MR) is 172 cm³/mol. The molecule has 264 valence electrons. The van der Waals surface area contributed by atoms with E-state index >= 15 is 0 Å². The van der Waals surface area contributed by atoms with Gasteiger partial charge in [0, 0.05) is 18.5 Å². The summed E-state index contributed by atoms with van der Waals surface area (Å²) >= 11 is 0. The van der Waals surface area contributed by atoms with Gasteiger partial charge in [-0.3, -0.25) is 9.69 Å². The zero-order valence-electron chi connectivity index (χ0n) is 27.1. The normalized spacial score (nSPS) is 20.1. The van der Waals surface area contributed by atoms with Crippen LogP contribution in [0.5, 0.6) is 17.2 Å². The molecule has 0 saturated carbocycles. The van der Waals surface area contributed by atoms with E-state index < -0.39 is 55.3 Å². The molecular formula is C35H36N2O13. The summed E-state index contributed by atoms with van der Waals surface area (Å²) in [5.74, 6) is -0.309. The quantitative estimate of drug-likeness (QED) is 0.149. The van der Waals surface area contributed by atoms with Crippen LogP contribution in [0.4, 0.5) is 4.79 Å². The Labute approximate surface area is 286 Å². The Morgan fingerprint density at radius 2 is 1.52 bits per heavy atom. The molecule has 15 heteroatoms. The molecule has 0 aliphatic carbocycles. The number of aryl methyl sites for hydroxylation is 1. The summed E-state index contributed by atoms with van der Waals surface area (Å²) in [7, 11) is 1.48. The fraction of sp³-hybridized carbons (Fsp3) is 0.314. The Kier molecular flexibility index (Phi) is 11.7. The number of ether oxygens (including phenoxy) is 5. The van der Waals surface area contributed by atoms with Crippen molar-refractivity contribution in [3.8, 4) is 28.7 Å². The van der Waals surface area contributed by atoms with Crippen molar-refractivity contribution < 1.29 is 62.9 Å². The first kappa shape index (κ1) is 35.8. The summed E-state index contributed by atoms with van der Waals surface area (Å²) in [4.78, 5) is 43.2. The smallest absolute Gasteiger partial charge is 0.416 e. The zero-order valence-corrected chi connectivity index (χ0v) is 27.1. The fourth-order valence-electron chi connectivity index (χ4n) is 5.01. The maximum absolute atomic E-state index is 13.3. The van der Waals surface area contributed by atoms with Crippen LogP contribution in [0.3, 0.4) is 0 Å². The van der Waals surface area contributed by atoms with Gasteiger partial charge in [0.1, 0.15) is 47.9 Å². The van der Waals surface area contributed by atoms with Crippen LogP contribution in [-0.2, 0) is 32.0 Å². The molecule has 3 aromatic carbocycles. The number of carboxylic acids is 1. The molecule has 1 saturated heterocycles. The molecule has 1 amide bonds. The van der Waals surface area contributed by atoms with E-state index in [-0.39, 0.29) is 12.3 Å². The SMILES string of the molecule is COc1ccc(OC(=O)N(CC(=O)O[C@H]2O[C@H](C(=O)O)[C@H](O)[C@H](O)[C@@H]2O)Cc2ccc(OCCc3nc(-c4ccccc4)oc3C)cc2)cc1. The molecule has 1 aliphatic rings. The van der Waals surface area contributed by atoms with Crippen molar-refractivity contribution in [3.63, 3.8) is 0 Å². The Hall–Kier alpha value is -5.48. The van der Waals surface area contributed by atoms with Crippen molar-refractivity contribution in [1.29, 1.82) is 0 Å². The number of aliphatic hydroxyl groups excluding tert-OH is 3. The van der Waals surface area contributed by atoms with E-state index in [1.54, 1.807) is 36.4 Å². The molecule has 1 aromatic heterocycles. The second-order valence-electron chi connectivity index (χ2n) is 11.3. The van der Waals surface area contributed by atoms with Crippen LogP contribution in [0.15, 0.2) is 83.3 Å². The van der Waals surface area contributed by atoms with Crippen LogP contribution < -0.4 is 14.2 Å². The standard InChI is InChI=1S/C35H36N2O13/c1-20-26(36-32(47-20)22-6-4-3-5-7-22)16-17-46-24-10-8-21(9-11-24)18-37(35(44)48-25-14-12-23(45-2)13-15-25)19-27(38)49-34-30(41)28(39)29(40)31(50-34)33(42)43/h3-15,28-31,34,39-41H,16-19H2,1-2H3,(H,42,43)/t28-,29+,30-,31-,34-/m0/s1. The summed E-state index contributed by atoms with van der Waals surface area (Å²) in [5.41, 5.74) is 2.22. The summed E-state index contributed by atoms with van der Waals surface area (Å²) in [6.45, 7) is 1.29. The van der Waals surface area contributed by atoms with Gasteiger partial charge in [-0.05, 0) is 61.0 Å². The van der Waals surface area contributed by atoms with E-state index in [1.807, 2.05) is 37.3 Å². The molecule has 4 aromatic rings. The van der Waals surface area contributed by atoms with E-state index in [1.165, 1.54) is 19.2 Å². The molecule has 0 spiro atoms. The number of aliphatic carboxylic acids is 1. The third-order valence-electron chi connectivity index (χ3n) is 7.72. The number of carboxylic acid groups (broad SMARTS) is 1. The third kappa shape index (κ3) is 8.95. The van der Waals surface area contributed by atoms with Crippen molar-refractivity contribution in [3.05, 3.63) is 95.9 Å². The third-order valence-corrected chi connectivity index (χ3v) is 7.72. The minimum absolute atomic E-state index is 0.141. The number of esters is 1. The molecule has 1 fully saturated rings. The second-order valence-corrected chi connectivity index (χ2v) is 11.3. The minimum Gasteiger partial charge on any atom is -0.497 e. The Morgan fingerprint density at radius 3 is 2.18 bits per heavy atom. The summed E-state index contributed by atoms with van der Waals surface area (Å²) < 4.78 is 32.4. The van der Waals surface area contributed by atoms with E-state index in [2.05, 4.69) is 4.98 Å². The molecular weight excluding hydrogens is 656 g/mol. The van der Waals surface area contributed by atoms with Crippen molar-refractivity contribution >= 4 is 18.0 Å². The number of hydrogen-bond donors (Lipinski definition) is 4. The van der Waals surface area contributed by atoms with E-state index in [9.17, 15) is 34.8 Å². The van der Waals surface area contributed by atoms with Crippen molar-refractivity contribution in [2.24, 2.45) is 0 Å². The van der Waals surface area contributed by atoms with Crippen LogP contribution >= 0.6 is 0 Å². The summed E-state index contributed by atoms with van der Waals surface area (Å²) in [5, 5.41) is 39.5. The van der Waals surface area contributed by atoms with Crippen molar-refractivity contribution in [2.75, 3.05) is 20.3 Å². The molecule has 50 heavy (non-hydrogen) atoms. The molecule has 5 atom stereocenters. The highest BCUT2D eigenvalue weighted by atomic mass is 16.7. The topological polar surface area (TPSA) is 208 Å². The molecule has 2 heterocycles. The van der Waals surface area contributed by atoms with Crippen LogP contribution in [0, 0.1) is 6.92 Å². The first-order valence-electron chi connectivity index (χ1n) is 15.5. The number of hydrogen-bond acceptors (Lipinski definition) is 13. The van der Waals surface area contributed by atoms with Gasteiger partial charge >= 0.3 is 18.0 Å². The lowest BCUT2D eigenvalue weighted by molar-refractivity contribution is -0.286. The Bertz CT molecular complexity index is 1740. The van der Waals surface area contributed by atoms with Gasteiger partial charge in [-0.25, -0.2) is 14.6 Å². The van der Waals surface area contributed by atoms with Crippen LogP contribution in [0.1, 0.15) is 17.0 Å². The number of carbonyl (C=O) groups is 3. The number of methoxy groups -OCH3 is 1. The number of nitrogens with zero attached hydrogens (tertiary/aromatic N) is 2. The average molecular weight is 693 g/mol. The fourth-order valence-corrected chi connectivity index (χ4v) is 5.01. The molecule has 0 bridgehead atoms. The summed E-state index contributed by atoms with van der Waals surface area (Å²) in [6, 6.07) is 22.5. The first-order chi connectivity index (χ1) is 24.0. The van der Waals surface area contributed by atoms with Gasteiger partial charge in [-0.1, -0.05) is 30.3 Å². The highest BCUT2D eigenvalue weighted by Gasteiger charge is 2.48. The molecule has 0 unspecified atom stereocenters. The molecule has 5 rings (SSSR count). The van der Waals surface area contributed by atoms with Crippen LogP contribution in [-0.4, -0.2) is 99.3 Å². The number of aliphatic hydroxyl groups is 3. The maximum Gasteiger partial charge on any atom is 0.416 e. The number of rotatable bonds is 13. The van der Waals surface area contributed by atoms with Gasteiger partial charge in [0.05, 0.1) is 19.4 Å². The second kappa shape index (κ2) is 16.3. The number of carbonyl (C=O) groups excluding carboxylic acids is 2. The van der Waals surface area contributed by atoms with Crippen molar-refractivity contribution in [2.45, 2.75) is 50.6 Å².